The van der Waals surface area contributed by atoms with E-state index in [4.69, 9.17) is 0 Å². The Hall–Kier alpha value is -4.21. The molecule has 11 nitrogen and oxygen atoms in total. The van der Waals surface area contributed by atoms with E-state index in [1.807, 2.05) is 23.1 Å². The minimum Gasteiger partial charge on any atom is -0.336 e. The van der Waals surface area contributed by atoms with Gasteiger partial charge in [-0.3, -0.25) is 9.59 Å². The highest BCUT2D eigenvalue weighted by atomic mass is 19.1. The largest absolute Gasteiger partial charge is 0.336 e. The van der Waals surface area contributed by atoms with Crippen molar-refractivity contribution < 1.29 is 14.0 Å². The lowest BCUT2D eigenvalue weighted by Crippen LogP contribution is -2.47. The second-order valence-electron chi connectivity index (χ2n) is 11.7. The molecule has 2 aromatic carbocycles. The van der Waals surface area contributed by atoms with Crippen molar-refractivity contribution in [1.29, 1.82) is 5.26 Å². The van der Waals surface area contributed by atoms with E-state index >= 15 is 0 Å². The molecule has 3 aliphatic rings. The number of carbonyl (C=O) groups excluding carboxylic acids is 2. The van der Waals surface area contributed by atoms with Gasteiger partial charge in [0.2, 0.25) is 5.91 Å². The van der Waals surface area contributed by atoms with Crippen LogP contribution in [0.15, 0.2) is 36.4 Å². The number of halogens is 1. The van der Waals surface area contributed by atoms with Crippen molar-refractivity contribution in [1.82, 2.24) is 40.6 Å². The van der Waals surface area contributed by atoms with Crippen LogP contribution in [-0.4, -0.2) is 106 Å². The number of fused-ring (bicyclic) bond motifs is 2. The molecule has 2 N–H and O–H groups in total. The van der Waals surface area contributed by atoms with Gasteiger partial charge < -0.3 is 20.0 Å². The number of hydrogen-bond donors (Lipinski definition) is 2. The number of aryl methyl sites for hydroxylation is 2. The average molecular weight is 586 g/mol. The van der Waals surface area contributed by atoms with Crippen molar-refractivity contribution in [2.24, 2.45) is 0 Å². The molecule has 0 spiro atoms. The zero-order valence-electron chi connectivity index (χ0n) is 24.4. The maximum atomic E-state index is 14.6. The first-order valence-corrected chi connectivity index (χ1v) is 14.9. The fourth-order valence-corrected chi connectivity index (χ4v) is 6.90. The van der Waals surface area contributed by atoms with Gasteiger partial charge in [-0.2, -0.15) is 5.26 Å². The van der Waals surface area contributed by atoms with Crippen LogP contribution in [0.25, 0.3) is 0 Å². The summed E-state index contributed by atoms with van der Waals surface area (Å²) in [5, 5.41) is 27.9. The highest BCUT2D eigenvalue weighted by Crippen LogP contribution is 2.46. The van der Waals surface area contributed by atoms with Crippen LogP contribution in [0.4, 0.5) is 4.39 Å². The summed E-state index contributed by atoms with van der Waals surface area (Å²) in [6.07, 6.45) is 3.21. The topological polar surface area (TPSA) is 134 Å². The highest BCUT2D eigenvalue weighted by Gasteiger charge is 2.44. The number of aromatic amines is 1. The van der Waals surface area contributed by atoms with Gasteiger partial charge in [-0.15, -0.1) is 5.10 Å². The minimum absolute atomic E-state index is 0.00778. The number of nitrogens with zero attached hydrogens (tertiary/aromatic N) is 7. The number of rotatable bonds is 7. The van der Waals surface area contributed by atoms with Gasteiger partial charge in [-0.25, -0.2) is 9.49 Å². The van der Waals surface area contributed by atoms with Crippen molar-refractivity contribution >= 4 is 11.8 Å². The third-order valence-electron chi connectivity index (χ3n) is 9.22. The SMILES string of the molecule is CN1CCN(C(=O)c2ccc3c(c2)CCc2cc(F)ccc2C3(CCNCC(=O)N2CCC[C@H]2C#N)c2nnn[nH]2)CC1. The number of hydrogen-bond acceptors (Lipinski definition) is 8. The summed E-state index contributed by atoms with van der Waals surface area (Å²) in [7, 11) is 2.06. The van der Waals surface area contributed by atoms with Crippen LogP contribution in [0, 0.1) is 17.1 Å². The summed E-state index contributed by atoms with van der Waals surface area (Å²) in [6, 6.07) is 12.5. The molecule has 3 aromatic rings. The van der Waals surface area contributed by atoms with Crippen molar-refractivity contribution in [2.75, 3.05) is 52.9 Å². The predicted molar refractivity (Wildman–Crippen MR) is 156 cm³/mol. The van der Waals surface area contributed by atoms with Crippen LogP contribution in [0.5, 0.6) is 0 Å². The number of carbonyl (C=O) groups is 2. The van der Waals surface area contributed by atoms with Gasteiger partial charge in [0.25, 0.3) is 5.91 Å². The molecular formula is C31H36FN9O2. The molecule has 1 unspecified atom stereocenters. The van der Waals surface area contributed by atoms with E-state index in [9.17, 15) is 19.2 Å². The standard InChI is InChI=1S/C31H36FN9O2/c1-39-13-15-40(16-14-39)29(43)23-6-8-26-21(17-23)4-5-22-18-24(32)7-9-27(22)31(26,30-35-37-38-36-30)10-11-34-20-28(42)41-12-2-3-25(41)19-33/h6-9,17-18,25,34H,2-5,10-16,20H2,1H3,(H,35,36,37,38)/t25-,31?/m0/s1. The third-order valence-corrected chi connectivity index (χ3v) is 9.22. The van der Waals surface area contributed by atoms with Gasteiger partial charge in [0.05, 0.1) is 18.0 Å². The van der Waals surface area contributed by atoms with E-state index in [0.29, 0.717) is 63.3 Å². The number of nitrogens with one attached hydrogen (secondary N) is 2. The van der Waals surface area contributed by atoms with Crippen molar-refractivity contribution in [3.63, 3.8) is 0 Å². The number of aromatic nitrogens is 4. The lowest BCUT2D eigenvalue weighted by atomic mass is 9.69. The number of likely N-dealkylation sites (tertiary alicyclic amines) is 1. The fourth-order valence-electron chi connectivity index (χ4n) is 6.90. The van der Waals surface area contributed by atoms with Gasteiger partial charge in [0, 0.05) is 38.3 Å². The van der Waals surface area contributed by atoms with E-state index in [0.717, 1.165) is 41.8 Å². The molecule has 0 radical (unpaired) electrons. The first-order chi connectivity index (χ1) is 20.9. The number of tetrazole rings is 1. The van der Waals surface area contributed by atoms with Crippen LogP contribution >= 0.6 is 0 Å². The fraction of sp³-hybridized carbons (Fsp3) is 0.484. The number of amides is 2. The van der Waals surface area contributed by atoms with E-state index in [1.165, 1.54) is 6.07 Å². The molecule has 224 valence electrons. The third kappa shape index (κ3) is 5.50. The molecule has 2 fully saturated rings. The Kier molecular flexibility index (Phi) is 8.19. The first kappa shape index (κ1) is 28.9. The van der Waals surface area contributed by atoms with Crippen molar-refractivity contribution in [3.8, 4) is 6.07 Å². The quantitative estimate of drug-likeness (QED) is 0.400. The lowest BCUT2D eigenvalue weighted by molar-refractivity contribution is -0.130. The van der Waals surface area contributed by atoms with Crippen LogP contribution in [-0.2, 0) is 23.1 Å². The van der Waals surface area contributed by atoms with Crippen molar-refractivity contribution in [3.05, 3.63) is 75.9 Å². The second-order valence-corrected chi connectivity index (χ2v) is 11.7. The first-order valence-electron chi connectivity index (χ1n) is 14.9. The van der Waals surface area contributed by atoms with E-state index in [2.05, 4.69) is 44.0 Å². The van der Waals surface area contributed by atoms with Crippen molar-refractivity contribution in [2.45, 2.75) is 43.6 Å². The molecule has 12 heteroatoms. The van der Waals surface area contributed by atoms with Gasteiger partial charge in [-0.05, 0) is 103 Å². The molecule has 2 atom stereocenters. The van der Waals surface area contributed by atoms with Crippen LogP contribution in [0.3, 0.4) is 0 Å². The Balaban J connectivity index is 1.34. The zero-order valence-corrected chi connectivity index (χ0v) is 24.4. The normalized spacial score (nSPS) is 22.0. The minimum atomic E-state index is -0.882. The Bertz CT molecular complexity index is 1530. The molecular weight excluding hydrogens is 549 g/mol. The summed E-state index contributed by atoms with van der Waals surface area (Å²) < 4.78 is 14.6. The lowest BCUT2D eigenvalue weighted by Gasteiger charge is -2.35. The van der Waals surface area contributed by atoms with E-state index < -0.39 is 5.41 Å². The summed E-state index contributed by atoms with van der Waals surface area (Å²) in [5.74, 6) is 0.101. The Morgan fingerprint density at radius 1 is 1.09 bits per heavy atom. The number of benzene rings is 2. The summed E-state index contributed by atoms with van der Waals surface area (Å²) in [6.45, 7) is 4.16. The van der Waals surface area contributed by atoms with E-state index in [1.54, 1.807) is 17.0 Å². The van der Waals surface area contributed by atoms with Gasteiger partial charge in [0.15, 0.2) is 5.82 Å². The van der Waals surface area contributed by atoms with Crippen LogP contribution < -0.4 is 5.32 Å². The Morgan fingerprint density at radius 2 is 1.84 bits per heavy atom. The number of likely N-dealkylation sites (N-methyl/N-ethyl adjacent to an activating group) is 1. The van der Waals surface area contributed by atoms with Crippen LogP contribution in [0.1, 0.15) is 57.7 Å². The van der Waals surface area contributed by atoms with Crippen LogP contribution in [0.2, 0.25) is 0 Å². The molecule has 1 aliphatic carbocycles. The number of H-pyrrole nitrogens is 1. The molecule has 3 heterocycles. The maximum absolute atomic E-state index is 14.6. The van der Waals surface area contributed by atoms with Gasteiger partial charge >= 0.3 is 0 Å². The smallest absolute Gasteiger partial charge is 0.253 e. The predicted octanol–water partition coefficient (Wildman–Crippen LogP) is 1.65. The zero-order chi connectivity index (χ0) is 30.0. The van der Waals surface area contributed by atoms with Gasteiger partial charge in [-0.1, -0.05) is 12.1 Å². The Morgan fingerprint density at radius 3 is 2.56 bits per heavy atom. The maximum Gasteiger partial charge on any atom is 0.253 e. The molecule has 0 saturated carbocycles. The monoisotopic (exact) mass is 585 g/mol. The van der Waals surface area contributed by atoms with Gasteiger partial charge in [0.1, 0.15) is 11.9 Å². The number of piperazine rings is 1. The molecule has 1 aromatic heterocycles. The molecule has 6 rings (SSSR count). The molecule has 2 aliphatic heterocycles. The molecule has 43 heavy (non-hydrogen) atoms. The highest BCUT2D eigenvalue weighted by molar-refractivity contribution is 5.94. The summed E-state index contributed by atoms with van der Waals surface area (Å²) in [4.78, 5) is 32.2. The molecule has 2 amide bonds. The number of nitriles is 1. The molecule has 0 bridgehead atoms. The van der Waals surface area contributed by atoms with E-state index in [-0.39, 0.29) is 30.2 Å². The summed E-state index contributed by atoms with van der Waals surface area (Å²) in [5.41, 5.74) is 3.42. The Labute approximate surface area is 250 Å². The average Bonchev–Trinajstić information content (AvgIpc) is 3.72. The molecule has 2 saturated heterocycles. The summed E-state index contributed by atoms with van der Waals surface area (Å²) >= 11 is 0. The second kappa shape index (κ2) is 12.2.